The second kappa shape index (κ2) is 5.12. The minimum atomic E-state index is 1.01. The molecule has 1 aromatic heterocycles. The molecule has 1 saturated heterocycles. The van der Waals surface area contributed by atoms with E-state index in [1.807, 2.05) is 18.2 Å². The SMILES string of the molecule is Brc1ccccc1-c1cc(N2CCNCC2)n[nH]1. The third-order valence-electron chi connectivity index (χ3n) is 3.17. The van der Waals surface area contributed by atoms with Crippen LogP contribution in [-0.4, -0.2) is 36.4 Å². The standard InChI is InChI=1S/C13H15BrN4/c14-11-4-2-1-3-10(11)12-9-13(17-16-12)18-7-5-15-6-8-18/h1-4,9,15H,5-8H2,(H,16,17). The van der Waals surface area contributed by atoms with Crippen LogP contribution in [0, 0.1) is 0 Å². The van der Waals surface area contributed by atoms with Crippen LogP contribution in [0.3, 0.4) is 0 Å². The molecule has 2 N–H and O–H groups in total. The van der Waals surface area contributed by atoms with Gasteiger partial charge in [0.15, 0.2) is 5.82 Å². The van der Waals surface area contributed by atoms with Crippen molar-refractivity contribution in [1.29, 1.82) is 0 Å². The van der Waals surface area contributed by atoms with E-state index in [1.54, 1.807) is 0 Å². The van der Waals surface area contributed by atoms with Crippen molar-refractivity contribution in [3.63, 3.8) is 0 Å². The topological polar surface area (TPSA) is 44.0 Å². The first-order valence-corrected chi connectivity index (χ1v) is 6.90. The fourth-order valence-electron chi connectivity index (χ4n) is 2.18. The summed E-state index contributed by atoms with van der Waals surface area (Å²) < 4.78 is 1.08. The average Bonchev–Trinajstić information content (AvgIpc) is 2.90. The molecule has 3 rings (SSSR count). The van der Waals surface area contributed by atoms with Crippen LogP contribution < -0.4 is 10.2 Å². The van der Waals surface area contributed by atoms with E-state index < -0.39 is 0 Å². The van der Waals surface area contributed by atoms with E-state index in [4.69, 9.17) is 0 Å². The number of rotatable bonds is 2. The van der Waals surface area contributed by atoms with E-state index in [0.717, 1.165) is 47.7 Å². The summed E-state index contributed by atoms with van der Waals surface area (Å²) in [4.78, 5) is 2.30. The number of hydrogen-bond acceptors (Lipinski definition) is 3. The molecule has 94 valence electrons. The second-order valence-corrected chi connectivity index (χ2v) is 5.21. The van der Waals surface area contributed by atoms with Crippen LogP contribution in [0.2, 0.25) is 0 Å². The van der Waals surface area contributed by atoms with Gasteiger partial charge in [-0.05, 0) is 6.07 Å². The maximum atomic E-state index is 4.41. The van der Waals surface area contributed by atoms with Crippen molar-refractivity contribution in [2.24, 2.45) is 0 Å². The van der Waals surface area contributed by atoms with Gasteiger partial charge in [0.05, 0.1) is 5.69 Å². The molecule has 0 radical (unpaired) electrons. The van der Waals surface area contributed by atoms with E-state index in [9.17, 15) is 0 Å². The lowest BCUT2D eigenvalue weighted by atomic mass is 10.1. The van der Waals surface area contributed by atoms with Gasteiger partial charge < -0.3 is 10.2 Å². The summed E-state index contributed by atoms with van der Waals surface area (Å²) in [6.45, 7) is 4.08. The Hall–Kier alpha value is -1.33. The molecule has 0 aliphatic carbocycles. The Labute approximate surface area is 115 Å². The number of benzene rings is 1. The molecule has 1 aliphatic rings. The lowest BCUT2D eigenvalue weighted by Gasteiger charge is -2.26. The van der Waals surface area contributed by atoms with Gasteiger partial charge >= 0.3 is 0 Å². The Kier molecular flexibility index (Phi) is 3.34. The monoisotopic (exact) mass is 306 g/mol. The molecule has 4 nitrogen and oxygen atoms in total. The summed E-state index contributed by atoms with van der Waals surface area (Å²) in [5.74, 6) is 1.03. The van der Waals surface area contributed by atoms with Gasteiger partial charge in [0, 0.05) is 42.3 Å². The zero-order valence-electron chi connectivity index (χ0n) is 9.99. The van der Waals surface area contributed by atoms with Crippen LogP contribution >= 0.6 is 15.9 Å². The summed E-state index contributed by atoms with van der Waals surface area (Å²) in [7, 11) is 0. The Morgan fingerprint density at radius 3 is 2.72 bits per heavy atom. The van der Waals surface area contributed by atoms with Crippen LogP contribution in [0.5, 0.6) is 0 Å². The molecule has 1 aromatic carbocycles. The first-order chi connectivity index (χ1) is 8.84. The number of nitrogens with one attached hydrogen (secondary N) is 2. The quantitative estimate of drug-likeness (QED) is 0.894. The number of H-pyrrole nitrogens is 1. The zero-order valence-corrected chi connectivity index (χ0v) is 11.6. The number of halogens is 1. The van der Waals surface area contributed by atoms with E-state index >= 15 is 0 Å². The average molecular weight is 307 g/mol. The second-order valence-electron chi connectivity index (χ2n) is 4.36. The lowest BCUT2D eigenvalue weighted by Crippen LogP contribution is -2.43. The molecule has 0 unspecified atom stereocenters. The van der Waals surface area contributed by atoms with Crippen molar-refractivity contribution in [3.05, 3.63) is 34.8 Å². The van der Waals surface area contributed by atoms with Gasteiger partial charge in [-0.3, -0.25) is 5.10 Å². The summed E-state index contributed by atoms with van der Waals surface area (Å²) >= 11 is 3.57. The molecule has 2 heterocycles. The lowest BCUT2D eigenvalue weighted by molar-refractivity contribution is 0.584. The Bertz CT molecular complexity index is 531. The number of piperazine rings is 1. The Morgan fingerprint density at radius 1 is 1.17 bits per heavy atom. The van der Waals surface area contributed by atoms with E-state index in [2.05, 4.69) is 48.5 Å². The van der Waals surface area contributed by atoms with Crippen molar-refractivity contribution in [2.75, 3.05) is 31.1 Å². The van der Waals surface area contributed by atoms with Gasteiger partial charge in [0.25, 0.3) is 0 Å². The van der Waals surface area contributed by atoms with Gasteiger partial charge in [-0.2, -0.15) is 5.10 Å². The number of aromatic nitrogens is 2. The molecule has 2 aromatic rings. The van der Waals surface area contributed by atoms with Crippen molar-refractivity contribution < 1.29 is 0 Å². The zero-order chi connectivity index (χ0) is 12.4. The molecule has 0 spiro atoms. The van der Waals surface area contributed by atoms with Crippen molar-refractivity contribution in [2.45, 2.75) is 0 Å². The molecule has 1 fully saturated rings. The molecule has 0 amide bonds. The smallest absolute Gasteiger partial charge is 0.151 e. The minimum Gasteiger partial charge on any atom is -0.353 e. The van der Waals surface area contributed by atoms with Crippen LogP contribution in [-0.2, 0) is 0 Å². The third kappa shape index (κ3) is 2.28. The molecule has 0 atom stereocenters. The fraction of sp³-hybridized carbons (Fsp3) is 0.308. The number of anilines is 1. The van der Waals surface area contributed by atoms with Gasteiger partial charge in [-0.15, -0.1) is 0 Å². The highest BCUT2D eigenvalue weighted by Gasteiger charge is 2.14. The molecular formula is C13H15BrN4. The van der Waals surface area contributed by atoms with Crippen molar-refractivity contribution in [3.8, 4) is 11.3 Å². The van der Waals surface area contributed by atoms with E-state index in [-0.39, 0.29) is 0 Å². The minimum absolute atomic E-state index is 1.01. The predicted molar refractivity (Wildman–Crippen MR) is 76.8 cm³/mol. The third-order valence-corrected chi connectivity index (χ3v) is 3.86. The van der Waals surface area contributed by atoms with Crippen LogP contribution in [0.25, 0.3) is 11.3 Å². The fourth-order valence-corrected chi connectivity index (χ4v) is 2.68. The van der Waals surface area contributed by atoms with Gasteiger partial charge in [0.2, 0.25) is 0 Å². The van der Waals surface area contributed by atoms with E-state index in [1.165, 1.54) is 0 Å². The summed E-state index contributed by atoms with van der Waals surface area (Å²) in [6.07, 6.45) is 0. The molecule has 0 bridgehead atoms. The number of aromatic amines is 1. The summed E-state index contributed by atoms with van der Waals surface area (Å²) in [5, 5.41) is 10.9. The van der Waals surface area contributed by atoms with Crippen LogP contribution in [0.4, 0.5) is 5.82 Å². The van der Waals surface area contributed by atoms with Crippen molar-refractivity contribution >= 4 is 21.7 Å². The largest absolute Gasteiger partial charge is 0.353 e. The highest BCUT2D eigenvalue weighted by Crippen LogP contribution is 2.28. The predicted octanol–water partition coefficient (Wildman–Crippen LogP) is 2.25. The maximum absolute atomic E-state index is 4.41. The van der Waals surface area contributed by atoms with Gasteiger partial charge in [0.1, 0.15) is 0 Å². The molecule has 18 heavy (non-hydrogen) atoms. The van der Waals surface area contributed by atoms with Crippen LogP contribution in [0.1, 0.15) is 0 Å². The number of hydrogen-bond donors (Lipinski definition) is 2. The maximum Gasteiger partial charge on any atom is 0.151 e. The number of nitrogens with zero attached hydrogens (tertiary/aromatic N) is 2. The van der Waals surface area contributed by atoms with Crippen molar-refractivity contribution in [1.82, 2.24) is 15.5 Å². The normalized spacial score (nSPS) is 15.9. The van der Waals surface area contributed by atoms with Crippen LogP contribution in [0.15, 0.2) is 34.8 Å². The van der Waals surface area contributed by atoms with E-state index in [0.29, 0.717) is 0 Å². The molecular weight excluding hydrogens is 292 g/mol. The van der Waals surface area contributed by atoms with Gasteiger partial charge in [-0.1, -0.05) is 34.1 Å². The highest BCUT2D eigenvalue weighted by atomic mass is 79.9. The van der Waals surface area contributed by atoms with Gasteiger partial charge in [-0.25, -0.2) is 0 Å². The Balaban J connectivity index is 1.87. The first-order valence-electron chi connectivity index (χ1n) is 6.10. The molecule has 0 saturated carbocycles. The Morgan fingerprint density at radius 2 is 1.94 bits per heavy atom. The molecule has 5 heteroatoms. The summed E-state index contributed by atoms with van der Waals surface area (Å²) in [5.41, 5.74) is 2.20. The highest BCUT2D eigenvalue weighted by molar-refractivity contribution is 9.10. The summed E-state index contributed by atoms with van der Waals surface area (Å²) in [6, 6.07) is 10.3. The first kappa shape index (κ1) is 11.7. The molecule has 1 aliphatic heterocycles.